The van der Waals surface area contributed by atoms with Crippen molar-refractivity contribution in [1.29, 1.82) is 0 Å². The highest BCUT2D eigenvalue weighted by atomic mass is 32.2. The number of carboxylic acids is 1. The van der Waals surface area contributed by atoms with E-state index in [4.69, 9.17) is 9.52 Å². The quantitative estimate of drug-likeness (QED) is 0.917. The molecule has 0 saturated heterocycles. The van der Waals surface area contributed by atoms with Crippen LogP contribution in [0, 0.1) is 0 Å². The van der Waals surface area contributed by atoms with Crippen LogP contribution in [0.4, 0.5) is 0 Å². The minimum Gasteiger partial charge on any atom is -0.478 e. The Labute approximate surface area is 119 Å². The molecule has 1 aromatic carbocycles. The van der Waals surface area contributed by atoms with Crippen molar-refractivity contribution in [3.8, 4) is 0 Å². The second-order valence-electron chi connectivity index (χ2n) is 4.41. The minimum absolute atomic E-state index is 0.0356. The Morgan fingerprint density at radius 3 is 2.67 bits per heavy atom. The number of rotatable bonds is 3. The van der Waals surface area contributed by atoms with Gasteiger partial charge in [-0.3, -0.25) is 4.79 Å². The number of sulfonamides is 1. The molecule has 0 aliphatic carbocycles. The normalized spacial score (nSPS) is 16.0. The molecule has 1 N–H and O–H groups in total. The third kappa shape index (κ3) is 2.00. The molecule has 2 heterocycles. The van der Waals surface area contributed by atoms with Crippen LogP contribution in [0.3, 0.4) is 0 Å². The Balaban J connectivity index is 2.08. The van der Waals surface area contributed by atoms with E-state index in [-0.39, 0.29) is 22.6 Å². The van der Waals surface area contributed by atoms with Crippen LogP contribution >= 0.6 is 0 Å². The van der Waals surface area contributed by atoms with Gasteiger partial charge in [-0.15, -0.1) is 0 Å². The molecule has 1 amide bonds. The van der Waals surface area contributed by atoms with Gasteiger partial charge in [0.2, 0.25) is 0 Å². The van der Waals surface area contributed by atoms with Gasteiger partial charge in [-0.05, 0) is 30.3 Å². The summed E-state index contributed by atoms with van der Waals surface area (Å²) in [6, 6.07) is 6.53. The van der Waals surface area contributed by atoms with E-state index in [0.29, 0.717) is 10.1 Å². The fraction of sp³-hybridized carbons (Fsp3) is 0.0769. The number of carbonyl (C=O) groups excluding carboxylic acids is 1. The lowest BCUT2D eigenvalue weighted by atomic mass is 10.1. The predicted molar refractivity (Wildman–Crippen MR) is 69.2 cm³/mol. The number of aromatic carboxylic acids is 1. The molecule has 2 aromatic rings. The van der Waals surface area contributed by atoms with E-state index in [2.05, 4.69) is 0 Å². The molecule has 0 atom stereocenters. The largest absolute Gasteiger partial charge is 0.478 e. The predicted octanol–water partition coefficient (Wildman–Crippen LogP) is 1.32. The Morgan fingerprint density at radius 2 is 2.05 bits per heavy atom. The van der Waals surface area contributed by atoms with Crippen LogP contribution < -0.4 is 0 Å². The zero-order chi connectivity index (χ0) is 15.2. The molecule has 3 rings (SSSR count). The summed E-state index contributed by atoms with van der Waals surface area (Å²) in [5, 5.41) is 8.92. The van der Waals surface area contributed by atoms with Gasteiger partial charge in [0.15, 0.2) is 0 Å². The minimum atomic E-state index is -4.07. The van der Waals surface area contributed by atoms with E-state index < -0.39 is 21.9 Å². The van der Waals surface area contributed by atoms with E-state index in [9.17, 15) is 18.0 Å². The number of furan rings is 1. The molecular formula is C13H9NO6S. The van der Waals surface area contributed by atoms with Crippen molar-refractivity contribution in [2.24, 2.45) is 0 Å². The summed E-state index contributed by atoms with van der Waals surface area (Å²) in [5.41, 5.74) is -0.225. The second kappa shape index (κ2) is 4.45. The Hall–Kier alpha value is -2.61. The molecule has 1 aliphatic heterocycles. The summed E-state index contributed by atoms with van der Waals surface area (Å²) in [6.45, 7) is -0.231. The van der Waals surface area contributed by atoms with Crippen molar-refractivity contribution in [2.45, 2.75) is 11.4 Å². The van der Waals surface area contributed by atoms with Crippen molar-refractivity contribution in [2.75, 3.05) is 0 Å². The molecule has 7 nitrogen and oxygen atoms in total. The molecule has 0 unspecified atom stereocenters. The highest BCUT2D eigenvalue weighted by Gasteiger charge is 2.41. The van der Waals surface area contributed by atoms with Gasteiger partial charge in [0.05, 0.1) is 23.9 Å². The van der Waals surface area contributed by atoms with E-state index in [1.54, 1.807) is 12.1 Å². The molecule has 0 spiro atoms. The Kier molecular flexibility index (Phi) is 2.84. The Bertz CT molecular complexity index is 838. The van der Waals surface area contributed by atoms with Crippen LogP contribution in [0.1, 0.15) is 26.5 Å². The van der Waals surface area contributed by atoms with Gasteiger partial charge in [0, 0.05) is 0 Å². The third-order valence-electron chi connectivity index (χ3n) is 3.13. The molecule has 0 bridgehead atoms. The molecule has 1 aromatic heterocycles. The molecule has 0 radical (unpaired) electrons. The molecular weight excluding hydrogens is 298 g/mol. The Morgan fingerprint density at radius 1 is 1.29 bits per heavy atom. The first-order valence-corrected chi connectivity index (χ1v) is 7.32. The van der Waals surface area contributed by atoms with E-state index in [0.717, 1.165) is 6.07 Å². The molecule has 0 fully saturated rings. The number of amides is 1. The van der Waals surface area contributed by atoms with E-state index in [1.807, 2.05) is 0 Å². The number of hydrogen-bond donors (Lipinski definition) is 1. The summed E-state index contributed by atoms with van der Waals surface area (Å²) in [5.74, 6) is -1.64. The van der Waals surface area contributed by atoms with Crippen molar-refractivity contribution in [3.63, 3.8) is 0 Å². The number of carbonyl (C=O) groups is 2. The fourth-order valence-electron chi connectivity index (χ4n) is 2.11. The second-order valence-corrected chi connectivity index (χ2v) is 6.24. The molecule has 8 heteroatoms. The number of nitrogens with zero attached hydrogens (tertiary/aromatic N) is 1. The van der Waals surface area contributed by atoms with Crippen molar-refractivity contribution >= 4 is 21.9 Å². The number of carboxylic acid groups (broad SMARTS) is 1. The highest BCUT2D eigenvalue weighted by molar-refractivity contribution is 7.90. The van der Waals surface area contributed by atoms with Crippen LogP contribution in [0.2, 0.25) is 0 Å². The summed E-state index contributed by atoms with van der Waals surface area (Å²) >= 11 is 0. The summed E-state index contributed by atoms with van der Waals surface area (Å²) in [4.78, 5) is 22.8. The zero-order valence-electron chi connectivity index (χ0n) is 10.5. The zero-order valence-corrected chi connectivity index (χ0v) is 11.3. The number of fused-ring (bicyclic) bond motifs is 1. The topological polar surface area (TPSA) is 105 Å². The first-order chi connectivity index (χ1) is 9.91. The maximum Gasteiger partial charge on any atom is 0.335 e. The average molecular weight is 307 g/mol. The lowest BCUT2D eigenvalue weighted by Crippen LogP contribution is -2.29. The van der Waals surface area contributed by atoms with Gasteiger partial charge in [0.25, 0.3) is 15.9 Å². The molecule has 108 valence electrons. The van der Waals surface area contributed by atoms with Gasteiger partial charge < -0.3 is 9.52 Å². The van der Waals surface area contributed by atoms with Crippen LogP contribution in [0.15, 0.2) is 45.9 Å². The number of hydrogen-bond acceptors (Lipinski definition) is 5. The summed E-state index contributed by atoms with van der Waals surface area (Å²) in [6.07, 6.45) is 1.37. The standard InChI is InChI=1S/C13H9NO6S/c15-12-10-4-3-8(13(16)17)6-11(10)21(18,19)14(12)7-9-2-1-5-20-9/h1-6H,7H2,(H,16,17). The maximum atomic E-state index is 12.4. The van der Waals surface area contributed by atoms with Crippen molar-refractivity contribution in [3.05, 3.63) is 53.5 Å². The number of benzene rings is 1. The van der Waals surface area contributed by atoms with Crippen molar-refractivity contribution < 1.29 is 27.5 Å². The lowest BCUT2D eigenvalue weighted by molar-refractivity contribution is 0.0695. The third-order valence-corrected chi connectivity index (χ3v) is 4.90. The van der Waals surface area contributed by atoms with Gasteiger partial charge in [0.1, 0.15) is 10.7 Å². The maximum absolute atomic E-state index is 12.4. The van der Waals surface area contributed by atoms with Gasteiger partial charge >= 0.3 is 5.97 Å². The van der Waals surface area contributed by atoms with Crippen LogP contribution in [-0.2, 0) is 16.6 Å². The summed E-state index contributed by atoms with van der Waals surface area (Å²) in [7, 11) is -4.07. The first kappa shape index (κ1) is 13.4. The molecule has 1 aliphatic rings. The van der Waals surface area contributed by atoms with E-state index >= 15 is 0 Å². The van der Waals surface area contributed by atoms with Crippen LogP contribution in [0.5, 0.6) is 0 Å². The SMILES string of the molecule is O=C(O)c1ccc2c(c1)S(=O)(=O)N(Cc1ccco1)C2=O. The molecule has 0 saturated carbocycles. The fourth-order valence-corrected chi connectivity index (χ4v) is 3.67. The van der Waals surface area contributed by atoms with E-state index in [1.165, 1.54) is 18.4 Å². The van der Waals surface area contributed by atoms with Crippen LogP contribution in [-0.4, -0.2) is 29.7 Å². The van der Waals surface area contributed by atoms with Crippen LogP contribution in [0.25, 0.3) is 0 Å². The smallest absolute Gasteiger partial charge is 0.335 e. The van der Waals surface area contributed by atoms with Gasteiger partial charge in [-0.2, -0.15) is 0 Å². The van der Waals surface area contributed by atoms with Gasteiger partial charge in [-0.25, -0.2) is 17.5 Å². The highest BCUT2D eigenvalue weighted by Crippen LogP contribution is 2.32. The first-order valence-electron chi connectivity index (χ1n) is 5.88. The van der Waals surface area contributed by atoms with Gasteiger partial charge in [-0.1, -0.05) is 0 Å². The monoisotopic (exact) mass is 307 g/mol. The summed E-state index contributed by atoms with van der Waals surface area (Å²) < 4.78 is 30.4. The lowest BCUT2D eigenvalue weighted by Gasteiger charge is -2.12. The average Bonchev–Trinajstić information content (AvgIpc) is 3.01. The molecule has 21 heavy (non-hydrogen) atoms. The van der Waals surface area contributed by atoms with Crippen molar-refractivity contribution in [1.82, 2.24) is 4.31 Å².